The van der Waals surface area contributed by atoms with Crippen LogP contribution in [0.25, 0.3) is 0 Å². The first-order valence-corrected chi connectivity index (χ1v) is 12.1. The van der Waals surface area contributed by atoms with E-state index in [1.807, 2.05) is 0 Å². The standard InChI is InChI=1S/C24H26ClF2N5O3/c1-13-8-18(16(25)9-17(13)27)32-7-6-24(23(32)35)4-2-15(3-5-24)30-21(33)19-20(29-12-28-19)22(34)31-10-14(26)11-31/h8-9,12,14-15H,2-7,10-11H2,1H3,(H,28,29)(H,30,33)/t15-,24-. The van der Waals surface area contributed by atoms with Crippen LogP contribution in [0.2, 0.25) is 5.02 Å². The van der Waals surface area contributed by atoms with Gasteiger partial charge in [0.1, 0.15) is 17.7 Å². The number of benzene rings is 1. The molecule has 1 aromatic heterocycles. The second-order valence-electron chi connectivity index (χ2n) is 9.72. The molecule has 3 fully saturated rings. The Morgan fingerprint density at radius 1 is 1.23 bits per heavy atom. The summed E-state index contributed by atoms with van der Waals surface area (Å²) in [6.07, 6.45) is 3.32. The van der Waals surface area contributed by atoms with Crippen molar-refractivity contribution < 1.29 is 23.2 Å². The van der Waals surface area contributed by atoms with Crippen LogP contribution < -0.4 is 10.2 Å². The van der Waals surface area contributed by atoms with E-state index in [9.17, 15) is 23.2 Å². The number of likely N-dealkylation sites (tertiary alicyclic amines) is 1. The zero-order valence-electron chi connectivity index (χ0n) is 19.2. The predicted octanol–water partition coefficient (Wildman–Crippen LogP) is 3.40. The Kier molecular flexibility index (Phi) is 6.03. The molecule has 1 aromatic carbocycles. The van der Waals surface area contributed by atoms with Crippen LogP contribution in [0.5, 0.6) is 0 Å². The van der Waals surface area contributed by atoms with Gasteiger partial charge in [-0.1, -0.05) is 11.6 Å². The number of hydrogen-bond acceptors (Lipinski definition) is 4. The number of anilines is 1. The zero-order chi connectivity index (χ0) is 24.9. The Labute approximate surface area is 206 Å². The first-order valence-electron chi connectivity index (χ1n) is 11.7. The van der Waals surface area contributed by atoms with Gasteiger partial charge in [-0.25, -0.2) is 13.8 Å². The highest BCUT2D eigenvalue weighted by Crippen LogP contribution is 2.47. The highest BCUT2D eigenvalue weighted by atomic mass is 35.5. The second-order valence-corrected chi connectivity index (χ2v) is 10.1. The molecule has 8 nitrogen and oxygen atoms in total. The third-order valence-electron chi connectivity index (χ3n) is 7.50. The molecule has 2 N–H and O–H groups in total. The van der Waals surface area contributed by atoms with Gasteiger partial charge >= 0.3 is 0 Å². The Morgan fingerprint density at radius 2 is 1.94 bits per heavy atom. The van der Waals surface area contributed by atoms with E-state index in [1.165, 1.54) is 17.3 Å². The number of aromatic amines is 1. The van der Waals surface area contributed by atoms with Crippen LogP contribution in [-0.2, 0) is 4.79 Å². The molecule has 3 heterocycles. The van der Waals surface area contributed by atoms with Crippen LogP contribution in [0.3, 0.4) is 0 Å². The minimum absolute atomic E-state index is 0.00517. The minimum Gasteiger partial charge on any atom is -0.348 e. The molecule has 1 spiro atoms. The van der Waals surface area contributed by atoms with Crippen molar-refractivity contribution in [2.24, 2.45) is 5.41 Å². The van der Waals surface area contributed by atoms with Crippen LogP contribution in [-0.4, -0.2) is 64.4 Å². The van der Waals surface area contributed by atoms with Crippen molar-refractivity contribution in [3.05, 3.63) is 46.3 Å². The molecular formula is C24H26ClF2N5O3. The Balaban J connectivity index is 1.21. The number of halogens is 3. The molecule has 5 rings (SSSR count). The summed E-state index contributed by atoms with van der Waals surface area (Å²) in [5.74, 6) is -1.34. The highest BCUT2D eigenvalue weighted by Gasteiger charge is 2.49. The van der Waals surface area contributed by atoms with E-state index in [0.29, 0.717) is 49.9 Å². The van der Waals surface area contributed by atoms with Gasteiger partial charge in [-0.2, -0.15) is 0 Å². The lowest BCUT2D eigenvalue weighted by Crippen LogP contribution is -2.52. The van der Waals surface area contributed by atoms with Crippen LogP contribution in [0.1, 0.15) is 58.6 Å². The number of H-pyrrole nitrogens is 1. The minimum atomic E-state index is -1.04. The van der Waals surface area contributed by atoms with Crippen molar-refractivity contribution in [2.75, 3.05) is 24.5 Å². The first-order chi connectivity index (χ1) is 16.7. The van der Waals surface area contributed by atoms with E-state index in [2.05, 4.69) is 15.3 Å². The van der Waals surface area contributed by atoms with Crippen molar-refractivity contribution in [2.45, 2.75) is 51.2 Å². The molecule has 0 unspecified atom stereocenters. The summed E-state index contributed by atoms with van der Waals surface area (Å²) in [5.41, 5.74) is 0.472. The van der Waals surface area contributed by atoms with Crippen molar-refractivity contribution in [1.29, 1.82) is 0 Å². The molecule has 2 aliphatic heterocycles. The smallest absolute Gasteiger partial charge is 0.275 e. The van der Waals surface area contributed by atoms with Crippen LogP contribution in [0.15, 0.2) is 18.5 Å². The number of carbonyl (C=O) groups is 3. The van der Waals surface area contributed by atoms with Crippen molar-refractivity contribution in [3.63, 3.8) is 0 Å². The number of nitrogens with one attached hydrogen (secondary N) is 2. The van der Waals surface area contributed by atoms with Crippen LogP contribution >= 0.6 is 11.6 Å². The maximum atomic E-state index is 13.8. The van der Waals surface area contributed by atoms with Crippen molar-refractivity contribution in [3.8, 4) is 0 Å². The fourth-order valence-electron chi connectivity index (χ4n) is 5.31. The van der Waals surface area contributed by atoms with Gasteiger partial charge in [0, 0.05) is 12.6 Å². The predicted molar refractivity (Wildman–Crippen MR) is 125 cm³/mol. The number of alkyl halides is 1. The van der Waals surface area contributed by atoms with Crippen LogP contribution in [0, 0.1) is 18.2 Å². The molecule has 35 heavy (non-hydrogen) atoms. The molecular weight excluding hydrogens is 480 g/mol. The van der Waals surface area contributed by atoms with Gasteiger partial charge in [-0.3, -0.25) is 14.4 Å². The number of imidazole rings is 1. The molecule has 0 atom stereocenters. The molecule has 11 heteroatoms. The quantitative estimate of drug-likeness (QED) is 0.665. The fourth-order valence-corrected chi connectivity index (χ4v) is 5.56. The number of aryl methyl sites for hydroxylation is 1. The summed E-state index contributed by atoms with van der Waals surface area (Å²) >= 11 is 6.24. The van der Waals surface area contributed by atoms with Gasteiger partial charge in [0.15, 0.2) is 5.69 Å². The number of rotatable bonds is 4. The molecule has 3 aliphatic rings. The zero-order valence-corrected chi connectivity index (χ0v) is 20.0. The molecule has 0 bridgehead atoms. The average molecular weight is 506 g/mol. The third-order valence-corrected chi connectivity index (χ3v) is 7.81. The maximum absolute atomic E-state index is 13.8. The number of aromatic nitrogens is 2. The van der Waals surface area contributed by atoms with Gasteiger partial charge in [0.25, 0.3) is 11.8 Å². The summed E-state index contributed by atoms with van der Waals surface area (Å²) in [5, 5.41) is 3.16. The van der Waals surface area contributed by atoms with Gasteiger partial charge in [0.05, 0.1) is 35.5 Å². The molecule has 2 aromatic rings. The Bertz CT molecular complexity index is 1190. The average Bonchev–Trinajstić information content (AvgIpc) is 3.42. The number of amides is 3. The first kappa shape index (κ1) is 23.7. The van der Waals surface area contributed by atoms with Gasteiger partial charge in [-0.05, 0) is 56.7 Å². The lowest BCUT2D eigenvalue weighted by molar-refractivity contribution is -0.127. The summed E-state index contributed by atoms with van der Waals surface area (Å²) in [4.78, 5) is 48.4. The SMILES string of the molecule is Cc1cc(N2CC[C@]3(CC[C@@H](NC(=O)c4[nH]cnc4C(=O)N4CC(F)C4)CC3)C2=O)c(Cl)cc1F. The normalized spacial score (nSPS) is 24.7. The highest BCUT2D eigenvalue weighted by molar-refractivity contribution is 6.34. The Hall–Kier alpha value is -3.01. The van der Waals surface area contributed by atoms with E-state index in [0.717, 1.165) is 0 Å². The summed E-state index contributed by atoms with van der Waals surface area (Å²) in [7, 11) is 0. The number of hydrogen-bond donors (Lipinski definition) is 2. The van der Waals surface area contributed by atoms with E-state index >= 15 is 0 Å². The molecule has 1 saturated carbocycles. The van der Waals surface area contributed by atoms with E-state index in [1.54, 1.807) is 17.9 Å². The summed E-state index contributed by atoms with van der Waals surface area (Å²) in [6, 6.07) is 2.69. The molecule has 186 valence electrons. The van der Waals surface area contributed by atoms with Crippen LogP contribution in [0.4, 0.5) is 14.5 Å². The Morgan fingerprint density at radius 3 is 2.63 bits per heavy atom. The van der Waals surface area contributed by atoms with Gasteiger partial charge in [-0.15, -0.1) is 0 Å². The molecule has 1 aliphatic carbocycles. The third kappa shape index (κ3) is 4.17. The van der Waals surface area contributed by atoms with E-state index in [4.69, 9.17) is 11.6 Å². The second kappa shape index (κ2) is 8.89. The summed E-state index contributed by atoms with van der Waals surface area (Å²) in [6.45, 7) is 2.16. The molecule has 2 saturated heterocycles. The monoisotopic (exact) mass is 505 g/mol. The maximum Gasteiger partial charge on any atom is 0.275 e. The lowest BCUT2D eigenvalue weighted by atomic mass is 9.71. The topological polar surface area (TPSA) is 98.4 Å². The van der Waals surface area contributed by atoms with Crippen molar-refractivity contribution >= 4 is 35.0 Å². The van der Waals surface area contributed by atoms with E-state index in [-0.39, 0.29) is 41.4 Å². The fraction of sp³-hybridized carbons (Fsp3) is 0.500. The van der Waals surface area contributed by atoms with Gasteiger partial charge < -0.3 is 20.1 Å². The van der Waals surface area contributed by atoms with E-state index < -0.39 is 29.2 Å². The lowest BCUT2D eigenvalue weighted by Gasteiger charge is -2.36. The van der Waals surface area contributed by atoms with Crippen molar-refractivity contribution in [1.82, 2.24) is 20.2 Å². The molecule has 3 amide bonds. The van der Waals surface area contributed by atoms with Gasteiger partial charge in [0.2, 0.25) is 5.91 Å². The summed E-state index contributed by atoms with van der Waals surface area (Å²) < 4.78 is 26.9. The number of nitrogens with zero attached hydrogens (tertiary/aromatic N) is 3. The number of carbonyl (C=O) groups excluding carboxylic acids is 3. The largest absolute Gasteiger partial charge is 0.348 e. The molecule has 0 radical (unpaired) electrons.